The van der Waals surface area contributed by atoms with Crippen LogP contribution in [0.15, 0.2) is 36.4 Å². The van der Waals surface area contributed by atoms with E-state index in [9.17, 15) is 19.6 Å². The van der Waals surface area contributed by atoms with Crippen LogP contribution in [0.3, 0.4) is 0 Å². The molecular formula is C21H25N3O4. The van der Waals surface area contributed by atoms with Crippen molar-refractivity contribution in [3.63, 3.8) is 0 Å². The molecule has 0 radical (unpaired) electrons. The summed E-state index contributed by atoms with van der Waals surface area (Å²) < 4.78 is 0. The van der Waals surface area contributed by atoms with Crippen LogP contribution in [0.5, 0.6) is 0 Å². The summed E-state index contributed by atoms with van der Waals surface area (Å²) in [6.45, 7) is 3.82. The summed E-state index contributed by atoms with van der Waals surface area (Å²) in [5.41, 5.74) is 3.00. The summed E-state index contributed by atoms with van der Waals surface area (Å²) in [4.78, 5) is 43.9. The molecule has 1 aromatic carbocycles. The first-order valence-electron chi connectivity index (χ1n) is 9.69. The standard InChI is InChI=1S/C21H25N3O4/c1-3-5-10-17(20(26)23-28)24-18(14(4-2)19(25)21(24)27)16-12-11-13-8-6-7-9-15(13)22-16/h6-9,11-12,14,17-18,28H,3-5,10H2,1-2H3,(H,23,26). The fraction of sp³-hybridized carbons (Fsp3) is 0.429. The number of likely N-dealkylation sites (tertiary alicyclic amines) is 1. The predicted octanol–water partition coefficient (Wildman–Crippen LogP) is 2.78. The number of hydrogen-bond donors (Lipinski definition) is 2. The average Bonchev–Trinajstić information content (AvgIpc) is 2.98. The number of unbranched alkanes of at least 4 members (excludes halogenated alkanes) is 1. The third-order valence-electron chi connectivity index (χ3n) is 5.41. The van der Waals surface area contributed by atoms with Gasteiger partial charge in [-0.3, -0.25) is 24.6 Å². The number of Topliss-reactive ketones (excluding diaryl/α,β-unsaturated/α-hetero) is 1. The molecule has 2 aromatic rings. The van der Waals surface area contributed by atoms with Crippen molar-refractivity contribution in [2.45, 2.75) is 51.6 Å². The Morgan fingerprint density at radius 1 is 1.21 bits per heavy atom. The Bertz CT molecular complexity index is 898. The molecule has 1 saturated heterocycles. The largest absolute Gasteiger partial charge is 0.315 e. The number of pyridine rings is 1. The van der Waals surface area contributed by atoms with E-state index in [-0.39, 0.29) is 0 Å². The van der Waals surface area contributed by atoms with Crippen LogP contribution in [-0.4, -0.2) is 38.7 Å². The highest BCUT2D eigenvalue weighted by Crippen LogP contribution is 2.40. The number of amides is 2. The van der Waals surface area contributed by atoms with E-state index in [1.54, 1.807) is 5.48 Å². The fourth-order valence-corrected chi connectivity index (χ4v) is 3.96. The summed E-state index contributed by atoms with van der Waals surface area (Å²) in [6, 6.07) is 9.77. The van der Waals surface area contributed by atoms with Crippen molar-refractivity contribution in [1.82, 2.24) is 15.4 Å². The molecule has 2 amide bonds. The topological polar surface area (TPSA) is 99.6 Å². The Kier molecular flexibility index (Phi) is 6.04. The second-order valence-corrected chi connectivity index (χ2v) is 7.10. The molecule has 1 aliphatic rings. The second kappa shape index (κ2) is 8.48. The number of carbonyl (C=O) groups excluding carboxylic acids is 3. The summed E-state index contributed by atoms with van der Waals surface area (Å²) in [5, 5.41) is 10.2. The number of nitrogens with zero attached hydrogens (tertiary/aromatic N) is 2. The van der Waals surface area contributed by atoms with Gasteiger partial charge in [-0.2, -0.15) is 0 Å². The van der Waals surface area contributed by atoms with Gasteiger partial charge in [0.25, 0.3) is 11.8 Å². The molecule has 0 spiro atoms. The van der Waals surface area contributed by atoms with E-state index in [4.69, 9.17) is 0 Å². The van der Waals surface area contributed by atoms with Crippen LogP contribution in [0, 0.1) is 5.92 Å². The van der Waals surface area contributed by atoms with Gasteiger partial charge in [0.2, 0.25) is 5.78 Å². The van der Waals surface area contributed by atoms with Gasteiger partial charge in [-0.25, -0.2) is 5.48 Å². The number of hydroxylamine groups is 1. The Labute approximate surface area is 163 Å². The van der Waals surface area contributed by atoms with Gasteiger partial charge in [-0.05, 0) is 25.0 Å². The zero-order chi connectivity index (χ0) is 20.3. The summed E-state index contributed by atoms with van der Waals surface area (Å²) >= 11 is 0. The van der Waals surface area contributed by atoms with Gasteiger partial charge < -0.3 is 4.90 Å². The number of benzene rings is 1. The zero-order valence-corrected chi connectivity index (χ0v) is 16.1. The maximum absolute atomic E-state index is 12.8. The minimum absolute atomic E-state index is 0.364. The molecule has 7 heteroatoms. The van der Waals surface area contributed by atoms with Crippen LogP contribution in [0.25, 0.3) is 10.9 Å². The maximum atomic E-state index is 12.8. The van der Waals surface area contributed by atoms with Crippen LogP contribution >= 0.6 is 0 Å². The number of aromatic nitrogens is 1. The monoisotopic (exact) mass is 383 g/mol. The van der Waals surface area contributed by atoms with Gasteiger partial charge in [0, 0.05) is 5.39 Å². The molecule has 0 aliphatic carbocycles. The lowest BCUT2D eigenvalue weighted by Crippen LogP contribution is -2.48. The molecule has 7 nitrogen and oxygen atoms in total. The third-order valence-corrected chi connectivity index (χ3v) is 5.41. The molecule has 1 fully saturated rings. The molecular weight excluding hydrogens is 358 g/mol. The van der Waals surface area contributed by atoms with Crippen molar-refractivity contribution >= 4 is 28.5 Å². The number of carbonyl (C=O) groups is 3. The van der Waals surface area contributed by atoms with Crippen LogP contribution < -0.4 is 5.48 Å². The van der Waals surface area contributed by atoms with Gasteiger partial charge >= 0.3 is 0 Å². The molecule has 0 saturated carbocycles. The maximum Gasteiger partial charge on any atom is 0.291 e. The highest BCUT2D eigenvalue weighted by atomic mass is 16.5. The van der Waals surface area contributed by atoms with Crippen molar-refractivity contribution in [1.29, 1.82) is 0 Å². The molecule has 3 rings (SSSR count). The van der Waals surface area contributed by atoms with Gasteiger partial charge in [-0.1, -0.05) is 51.0 Å². The van der Waals surface area contributed by atoms with Gasteiger partial charge in [-0.15, -0.1) is 0 Å². The van der Waals surface area contributed by atoms with Crippen molar-refractivity contribution in [3.05, 3.63) is 42.1 Å². The molecule has 0 bridgehead atoms. The van der Waals surface area contributed by atoms with E-state index in [1.165, 1.54) is 4.90 Å². The van der Waals surface area contributed by atoms with Gasteiger partial charge in [0.05, 0.1) is 23.2 Å². The highest BCUT2D eigenvalue weighted by molar-refractivity contribution is 6.39. The first kappa shape index (κ1) is 19.9. The number of ketones is 1. The molecule has 1 aromatic heterocycles. The summed E-state index contributed by atoms with van der Waals surface area (Å²) in [7, 11) is 0. The molecule has 2 N–H and O–H groups in total. The Hall–Kier alpha value is -2.80. The minimum atomic E-state index is -0.920. The van der Waals surface area contributed by atoms with E-state index in [0.29, 0.717) is 25.0 Å². The Morgan fingerprint density at radius 3 is 2.64 bits per heavy atom. The third kappa shape index (κ3) is 3.49. The van der Waals surface area contributed by atoms with Crippen molar-refractivity contribution in [3.8, 4) is 0 Å². The average molecular weight is 383 g/mol. The fourth-order valence-electron chi connectivity index (χ4n) is 3.96. The van der Waals surface area contributed by atoms with E-state index >= 15 is 0 Å². The molecule has 1 aliphatic heterocycles. The Balaban J connectivity index is 2.09. The smallest absolute Gasteiger partial charge is 0.291 e. The first-order valence-corrected chi connectivity index (χ1v) is 9.69. The number of fused-ring (bicyclic) bond motifs is 1. The van der Waals surface area contributed by atoms with Crippen LogP contribution in [0.1, 0.15) is 51.3 Å². The van der Waals surface area contributed by atoms with E-state index in [0.717, 1.165) is 17.3 Å². The second-order valence-electron chi connectivity index (χ2n) is 7.10. The first-order chi connectivity index (χ1) is 13.5. The highest BCUT2D eigenvalue weighted by Gasteiger charge is 2.51. The molecule has 2 heterocycles. The zero-order valence-electron chi connectivity index (χ0n) is 16.1. The summed E-state index contributed by atoms with van der Waals surface area (Å²) in [5.74, 6) is -2.44. The van der Waals surface area contributed by atoms with Crippen LogP contribution in [0.2, 0.25) is 0 Å². The lowest BCUT2D eigenvalue weighted by molar-refractivity contribution is -0.147. The van der Waals surface area contributed by atoms with Crippen molar-refractivity contribution in [2.24, 2.45) is 5.92 Å². The normalized spacial score (nSPS) is 20.6. The molecule has 28 heavy (non-hydrogen) atoms. The Morgan fingerprint density at radius 2 is 1.96 bits per heavy atom. The predicted molar refractivity (Wildman–Crippen MR) is 103 cm³/mol. The van der Waals surface area contributed by atoms with E-state index < -0.39 is 35.6 Å². The number of para-hydroxylation sites is 1. The molecule has 3 atom stereocenters. The lowest BCUT2D eigenvalue weighted by Gasteiger charge is -2.32. The van der Waals surface area contributed by atoms with Crippen LogP contribution in [0.4, 0.5) is 0 Å². The van der Waals surface area contributed by atoms with Crippen molar-refractivity contribution in [2.75, 3.05) is 0 Å². The number of nitrogens with one attached hydrogen (secondary N) is 1. The van der Waals surface area contributed by atoms with Gasteiger partial charge in [0.1, 0.15) is 6.04 Å². The lowest BCUT2D eigenvalue weighted by atomic mass is 9.92. The van der Waals surface area contributed by atoms with Gasteiger partial charge in [0.15, 0.2) is 0 Å². The van der Waals surface area contributed by atoms with E-state index in [2.05, 4.69) is 4.98 Å². The minimum Gasteiger partial charge on any atom is -0.315 e. The number of hydrogen-bond acceptors (Lipinski definition) is 5. The van der Waals surface area contributed by atoms with Crippen LogP contribution in [-0.2, 0) is 14.4 Å². The van der Waals surface area contributed by atoms with E-state index in [1.807, 2.05) is 50.2 Å². The molecule has 148 valence electrons. The molecule has 3 unspecified atom stereocenters. The quantitative estimate of drug-likeness (QED) is 0.435. The summed E-state index contributed by atoms with van der Waals surface area (Å²) in [6.07, 6.45) is 2.33. The number of rotatable bonds is 7. The van der Waals surface area contributed by atoms with Crippen molar-refractivity contribution < 1.29 is 19.6 Å². The SMILES string of the molecule is CCCCC(C(=O)NO)N1C(=O)C(=O)C(CC)C1c1ccc2ccccc2n1.